The second kappa shape index (κ2) is 5.83. The van der Waals surface area contributed by atoms with Gasteiger partial charge in [-0.2, -0.15) is 0 Å². The maximum atomic E-state index is 10.7. The van der Waals surface area contributed by atoms with Gasteiger partial charge >= 0.3 is 5.97 Å². The van der Waals surface area contributed by atoms with Crippen molar-refractivity contribution in [1.29, 1.82) is 0 Å². The molecule has 0 atom stereocenters. The third kappa shape index (κ3) is 2.78. The Morgan fingerprint density at radius 2 is 1.86 bits per heavy atom. The van der Waals surface area contributed by atoms with Crippen LogP contribution < -0.4 is 4.74 Å². The number of aromatic carboxylic acids is 1. The van der Waals surface area contributed by atoms with Crippen LogP contribution in [-0.2, 0) is 0 Å². The molecule has 0 unspecified atom stereocenters. The van der Waals surface area contributed by atoms with Crippen LogP contribution in [0.4, 0.5) is 0 Å². The van der Waals surface area contributed by atoms with E-state index < -0.39 is 5.97 Å². The van der Waals surface area contributed by atoms with Crippen molar-refractivity contribution in [3.63, 3.8) is 0 Å². The third-order valence-electron chi connectivity index (χ3n) is 1.48. The van der Waals surface area contributed by atoms with Crippen molar-refractivity contribution in [3.05, 3.63) is 27.7 Å². The number of carboxylic acids is 1. The Labute approximate surface area is 113 Å². The van der Waals surface area contributed by atoms with Gasteiger partial charge in [-0.15, -0.1) is 0 Å². The molecular weight excluding hydrogens is 238 g/mol. The van der Waals surface area contributed by atoms with E-state index in [0.29, 0.717) is 0 Å². The Bertz CT molecular complexity index is 355. The summed E-state index contributed by atoms with van der Waals surface area (Å²) in [5, 5.41) is 9.11. The maximum absolute atomic E-state index is 10.7. The number of hydrogen-bond acceptors (Lipinski definition) is 2. The Morgan fingerprint density at radius 3 is 2.21 bits per heavy atom. The average Bonchev–Trinajstić information content (AvgIpc) is 2.07. The van der Waals surface area contributed by atoms with Gasteiger partial charge in [-0.25, -0.2) is 4.79 Å². The summed E-state index contributed by atoms with van der Waals surface area (Å²) >= 11 is 11.4. The van der Waals surface area contributed by atoms with Crippen LogP contribution >= 0.6 is 23.2 Å². The standard InChI is InChI=1S/C8H6Cl2O3.Na/c1-13-7-5(10)3-2-4(9)6(7)8(11)12;/h2-3H,1H3,(H,11,12);. The first-order chi connectivity index (χ1) is 6.07. The van der Waals surface area contributed by atoms with Crippen molar-refractivity contribution in [3.8, 4) is 5.75 Å². The molecular formula is C8H6Cl2NaO3. The SMILES string of the molecule is COc1c(Cl)ccc(Cl)c1C(=O)O.[Na]. The van der Waals surface area contributed by atoms with Gasteiger partial charge in [-0.1, -0.05) is 23.2 Å². The zero-order chi connectivity index (χ0) is 10.0. The first-order valence-corrected chi connectivity index (χ1v) is 4.08. The Balaban J connectivity index is 0.00000169. The molecule has 0 aliphatic rings. The van der Waals surface area contributed by atoms with Crippen LogP contribution in [0.2, 0.25) is 10.0 Å². The van der Waals surface area contributed by atoms with E-state index in [1.165, 1.54) is 19.2 Å². The van der Waals surface area contributed by atoms with Gasteiger partial charge in [0.2, 0.25) is 0 Å². The van der Waals surface area contributed by atoms with Crippen LogP contribution in [0.3, 0.4) is 0 Å². The number of carboxylic acid groups (broad SMARTS) is 1. The topological polar surface area (TPSA) is 46.5 Å². The molecule has 1 aromatic carbocycles. The minimum Gasteiger partial charge on any atom is -0.494 e. The predicted octanol–water partition coefficient (Wildman–Crippen LogP) is 2.32. The molecule has 0 spiro atoms. The fourth-order valence-corrected chi connectivity index (χ4v) is 1.40. The number of benzene rings is 1. The smallest absolute Gasteiger partial charge is 0.341 e. The summed E-state index contributed by atoms with van der Waals surface area (Å²) in [6.07, 6.45) is 0. The van der Waals surface area contributed by atoms with Crippen molar-refractivity contribution in [1.82, 2.24) is 0 Å². The molecule has 1 aromatic rings. The quantitative estimate of drug-likeness (QED) is 0.812. The van der Waals surface area contributed by atoms with Gasteiger partial charge in [0, 0.05) is 29.6 Å². The van der Waals surface area contributed by atoms with Crippen LogP contribution in [0.5, 0.6) is 5.75 Å². The summed E-state index contributed by atoms with van der Waals surface area (Å²) in [6, 6.07) is 2.89. The maximum Gasteiger partial charge on any atom is 0.341 e. The molecule has 0 aliphatic carbocycles. The van der Waals surface area contributed by atoms with Gasteiger partial charge < -0.3 is 9.84 Å². The van der Waals surface area contributed by atoms with Crippen LogP contribution in [0.15, 0.2) is 12.1 Å². The molecule has 1 N–H and O–H groups in total. The molecule has 0 saturated heterocycles. The summed E-state index contributed by atoms with van der Waals surface area (Å²) < 4.78 is 4.82. The van der Waals surface area contributed by atoms with Gasteiger partial charge in [-0.05, 0) is 12.1 Å². The molecule has 6 heteroatoms. The second-order valence-corrected chi connectivity index (χ2v) is 3.06. The number of rotatable bonds is 2. The molecule has 0 fully saturated rings. The second-order valence-electron chi connectivity index (χ2n) is 2.24. The van der Waals surface area contributed by atoms with E-state index in [4.69, 9.17) is 33.0 Å². The molecule has 0 saturated carbocycles. The van der Waals surface area contributed by atoms with Crippen molar-refractivity contribution in [2.24, 2.45) is 0 Å². The van der Waals surface area contributed by atoms with Gasteiger partial charge in [0.1, 0.15) is 5.56 Å². The summed E-state index contributed by atoms with van der Waals surface area (Å²) in [5.41, 5.74) is -0.114. The molecule has 3 nitrogen and oxygen atoms in total. The minimum absolute atomic E-state index is 0. The minimum atomic E-state index is -1.16. The molecule has 1 rings (SSSR count). The van der Waals surface area contributed by atoms with Gasteiger partial charge in [0.05, 0.1) is 17.2 Å². The van der Waals surface area contributed by atoms with E-state index in [2.05, 4.69) is 0 Å². The number of carbonyl (C=O) groups is 1. The van der Waals surface area contributed by atoms with Crippen molar-refractivity contribution < 1.29 is 14.6 Å². The fraction of sp³-hybridized carbons (Fsp3) is 0.125. The molecule has 0 bridgehead atoms. The molecule has 0 amide bonds. The van der Waals surface area contributed by atoms with Crippen molar-refractivity contribution >= 4 is 58.7 Å². The number of methoxy groups -OCH3 is 1. The summed E-state index contributed by atoms with van der Waals surface area (Å²) in [5.74, 6) is -1.08. The number of hydrogen-bond donors (Lipinski definition) is 1. The summed E-state index contributed by atoms with van der Waals surface area (Å²) in [7, 11) is 1.34. The Morgan fingerprint density at radius 1 is 1.36 bits per heavy atom. The number of ether oxygens (including phenoxy) is 1. The zero-order valence-electron chi connectivity index (χ0n) is 7.67. The summed E-state index contributed by atoms with van der Waals surface area (Å²) in [4.78, 5) is 10.7. The molecule has 14 heavy (non-hydrogen) atoms. The van der Waals surface area contributed by atoms with E-state index >= 15 is 0 Å². The van der Waals surface area contributed by atoms with Gasteiger partial charge in [-0.3, -0.25) is 0 Å². The molecule has 1 radical (unpaired) electrons. The third-order valence-corrected chi connectivity index (χ3v) is 2.09. The van der Waals surface area contributed by atoms with E-state index in [1.807, 2.05) is 0 Å². The summed E-state index contributed by atoms with van der Waals surface area (Å²) in [6.45, 7) is 0. The van der Waals surface area contributed by atoms with Crippen LogP contribution in [0, 0.1) is 0 Å². The van der Waals surface area contributed by atoms with Gasteiger partial charge in [0.15, 0.2) is 5.75 Å². The normalized spacial score (nSPS) is 9.07. The molecule has 71 valence electrons. The fourth-order valence-electron chi connectivity index (χ4n) is 0.932. The van der Waals surface area contributed by atoms with E-state index in [0.717, 1.165) is 0 Å². The van der Waals surface area contributed by atoms with E-state index in [-0.39, 0.29) is 50.9 Å². The van der Waals surface area contributed by atoms with Crippen LogP contribution in [-0.4, -0.2) is 47.7 Å². The van der Waals surface area contributed by atoms with E-state index in [1.54, 1.807) is 0 Å². The zero-order valence-corrected chi connectivity index (χ0v) is 11.2. The van der Waals surface area contributed by atoms with Crippen LogP contribution in [0.1, 0.15) is 10.4 Å². The van der Waals surface area contributed by atoms with Gasteiger partial charge in [0.25, 0.3) is 0 Å². The first-order valence-electron chi connectivity index (χ1n) is 3.33. The average molecular weight is 244 g/mol. The molecule has 0 aliphatic heterocycles. The van der Waals surface area contributed by atoms with Crippen molar-refractivity contribution in [2.45, 2.75) is 0 Å². The molecule has 0 heterocycles. The largest absolute Gasteiger partial charge is 0.494 e. The Kier molecular flexibility index (Phi) is 5.86. The number of halogens is 2. The van der Waals surface area contributed by atoms with Crippen molar-refractivity contribution in [2.75, 3.05) is 7.11 Å². The Hall–Kier alpha value is 0.0700. The monoisotopic (exact) mass is 243 g/mol. The van der Waals surface area contributed by atoms with Crippen LogP contribution in [0.25, 0.3) is 0 Å². The predicted molar refractivity (Wildman–Crippen MR) is 55.7 cm³/mol. The first kappa shape index (κ1) is 14.1. The molecule has 0 aromatic heterocycles. The van der Waals surface area contributed by atoms with E-state index in [9.17, 15) is 4.79 Å².